The predicted octanol–water partition coefficient (Wildman–Crippen LogP) is 2.91. The fourth-order valence-electron chi connectivity index (χ4n) is 1.80. The van der Waals surface area contributed by atoms with Crippen molar-refractivity contribution < 1.29 is 0 Å². The van der Waals surface area contributed by atoms with Crippen molar-refractivity contribution >= 4 is 15.9 Å². The van der Waals surface area contributed by atoms with Crippen molar-refractivity contribution in [1.82, 2.24) is 14.9 Å². The largest absolute Gasteiger partial charge is 0.302 e. The van der Waals surface area contributed by atoms with Gasteiger partial charge in [-0.15, -0.1) is 0 Å². The monoisotopic (exact) mass is 305 g/mol. The van der Waals surface area contributed by atoms with Crippen molar-refractivity contribution in [2.24, 2.45) is 0 Å². The SMILES string of the molecule is CN(CCc1ccncc1)Cc1cncc(Br)c1. The molecule has 0 amide bonds. The Morgan fingerprint density at radius 3 is 2.61 bits per heavy atom. The van der Waals surface area contributed by atoms with E-state index in [2.05, 4.69) is 56.0 Å². The predicted molar refractivity (Wildman–Crippen MR) is 76.2 cm³/mol. The fourth-order valence-corrected chi connectivity index (χ4v) is 2.21. The molecule has 0 radical (unpaired) electrons. The van der Waals surface area contributed by atoms with Crippen molar-refractivity contribution in [3.63, 3.8) is 0 Å². The average molecular weight is 306 g/mol. The first-order chi connectivity index (χ1) is 8.74. The van der Waals surface area contributed by atoms with Gasteiger partial charge in [-0.25, -0.2) is 0 Å². The minimum absolute atomic E-state index is 0.914. The lowest BCUT2D eigenvalue weighted by Crippen LogP contribution is -2.20. The highest BCUT2D eigenvalue weighted by molar-refractivity contribution is 9.10. The summed E-state index contributed by atoms with van der Waals surface area (Å²) < 4.78 is 1.03. The van der Waals surface area contributed by atoms with E-state index < -0.39 is 0 Å². The second kappa shape index (κ2) is 6.61. The lowest BCUT2D eigenvalue weighted by Gasteiger charge is -2.16. The molecule has 2 aromatic rings. The highest BCUT2D eigenvalue weighted by Gasteiger charge is 2.02. The van der Waals surface area contributed by atoms with Crippen LogP contribution < -0.4 is 0 Å². The van der Waals surface area contributed by atoms with Crippen molar-refractivity contribution in [2.75, 3.05) is 13.6 Å². The molecule has 0 fully saturated rings. The summed E-state index contributed by atoms with van der Waals surface area (Å²) in [6, 6.07) is 6.24. The molecule has 2 aromatic heterocycles. The second-order valence-electron chi connectivity index (χ2n) is 4.35. The zero-order chi connectivity index (χ0) is 12.8. The van der Waals surface area contributed by atoms with Crippen LogP contribution in [0.25, 0.3) is 0 Å². The number of hydrogen-bond donors (Lipinski definition) is 0. The summed E-state index contributed by atoms with van der Waals surface area (Å²) in [7, 11) is 2.13. The van der Waals surface area contributed by atoms with Gasteiger partial charge in [-0.2, -0.15) is 0 Å². The van der Waals surface area contributed by atoms with Crippen LogP contribution in [0.4, 0.5) is 0 Å². The highest BCUT2D eigenvalue weighted by atomic mass is 79.9. The van der Waals surface area contributed by atoms with E-state index >= 15 is 0 Å². The van der Waals surface area contributed by atoms with Crippen LogP contribution in [0, 0.1) is 0 Å². The van der Waals surface area contributed by atoms with Gasteiger partial charge in [-0.1, -0.05) is 0 Å². The summed E-state index contributed by atoms with van der Waals surface area (Å²) in [6.45, 7) is 1.94. The van der Waals surface area contributed by atoms with Gasteiger partial charge in [0, 0.05) is 42.3 Å². The van der Waals surface area contributed by atoms with Crippen LogP contribution in [0.2, 0.25) is 0 Å². The van der Waals surface area contributed by atoms with E-state index in [1.807, 2.05) is 18.6 Å². The second-order valence-corrected chi connectivity index (χ2v) is 5.27. The van der Waals surface area contributed by atoms with Crippen LogP contribution in [0.5, 0.6) is 0 Å². The van der Waals surface area contributed by atoms with Crippen LogP contribution in [-0.4, -0.2) is 28.5 Å². The maximum absolute atomic E-state index is 4.17. The van der Waals surface area contributed by atoms with Crippen LogP contribution >= 0.6 is 15.9 Å². The number of aromatic nitrogens is 2. The van der Waals surface area contributed by atoms with Crippen LogP contribution in [0.15, 0.2) is 47.5 Å². The Hall–Kier alpha value is -1.26. The van der Waals surface area contributed by atoms with Gasteiger partial charge in [0.2, 0.25) is 0 Å². The Kier molecular flexibility index (Phi) is 4.84. The molecular formula is C14H16BrN3. The molecule has 18 heavy (non-hydrogen) atoms. The smallest absolute Gasteiger partial charge is 0.0410 e. The summed E-state index contributed by atoms with van der Waals surface area (Å²) in [5.74, 6) is 0. The van der Waals surface area contributed by atoms with Crippen molar-refractivity contribution in [1.29, 1.82) is 0 Å². The van der Waals surface area contributed by atoms with Gasteiger partial charge in [0.15, 0.2) is 0 Å². The molecule has 4 heteroatoms. The van der Waals surface area contributed by atoms with Gasteiger partial charge < -0.3 is 4.90 Å². The van der Waals surface area contributed by atoms with Crippen molar-refractivity contribution in [2.45, 2.75) is 13.0 Å². The summed E-state index contributed by atoms with van der Waals surface area (Å²) in [5, 5.41) is 0. The number of hydrogen-bond acceptors (Lipinski definition) is 3. The molecule has 0 bridgehead atoms. The number of rotatable bonds is 5. The molecule has 0 N–H and O–H groups in total. The lowest BCUT2D eigenvalue weighted by molar-refractivity contribution is 0.330. The highest BCUT2D eigenvalue weighted by Crippen LogP contribution is 2.11. The molecule has 0 aromatic carbocycles. The van der Waals surface area contributed by atoms with Crippen molar-refractivity contribution in [3.8, 4) is 0 Å². The van der Waals surface area contributed by atoms with Gasteiger partial charge in [-0.05, 0) is 58.7 Å². The van der Waals surface area contributed by atoms with Gasteiger partial charge in [0.25, 0.3) is 0 Å². The number of halogens is 1. The Labute approximate surface area is 116 Å². The summed E-state index contributed by atoms with van der Waals surface area (Å²) in [5.41, 5.74) is 2.55. The summed E-state index contributed by atoms with van der Waals surface area (Å²) in [4.78, 5) is 10.5. The minimum Gasteiger partial charge on any atom is -0.302 e. The Morgan fingerprint density at radius 1 is 1.11 bits per heavy atom. The third-order valence-electron chi connectivity index (χ3n) is 2.75. The van der Waals surface area contributed by atoms with E-state index in [0.717, 1.165) is 24.0 Å². The molecule has 94 valence electrons. The summed E-state index contributed by atoms with van der Waals surface area (Å²) in [6.07, 6.45) is 8.44. The van der Waals surface area contributed by atoms with E-state index in [4.69, 9.17) is 0 Å². The normalized spacial score (nSPS) is 10.8. The standard InChI is InChI=1S/C14H16BrN3/c1-18(7-4-12-2-5-16-6-3-12)11-13-8-14(15)10-17-9-13/h2-3,5-6,8-10H,4,7,11H2,1H3. The molecule has 0 spiro atoms. The lowest BCUT2D eigenvalue weighted by atomic mass is 10.2. The molecular weight excluding hydrogens is 290 g/mol. The molecule has 0 unspecified atom stereocenters. The van der Waals surface area contributed by atoms with Gasteiger partial charge in [-0.3, -0.25) is 9.97 Å². The average Bonchev–Trinajstić information content (AvgIpc) is 2.38. The van der Waals surface area contributed by atoms with Crippen LogP contribution in [0.3, 0.4) is 0 Å². The molecule has 0 aliphatic rings. The molecule has 0 aliphatic carbocycles. The Balaban J connectivity index is 1.84. The molecule has 3 nitrogen and oxygen atoms in total. The summed E-state index contributed by atoms with van der Waals surface area (Å²) >= 11 is 3.44. The molecule has 0 atom stereocenters. The molecule has 2 heterocycles. The number of likely N-dealkylation sites (N-methyl/N-ethyl adjacent to an activating group) is 1. The van der Waals surface area contributed by atoms with Gasteiger partial charge in [0.1, 0.15) is 0 Å². The van der Waals surface area contributed by atoms with E-state index in [-0.39, 0.29) is 0 Å². The van der Waals surface area contributed by atoms with E-state index in [1.165, 1.54) is 11.1 Å². The molecule has 0 saturated heterocycles. The Morgan fingerprint density at radius 2 is 1.89 bits per heavy atom. The third kappa shape index (κ3) is 4.20. The third-order valence-corrected chi connectivity index (χ3v) is 3.18. The first-order valence-corrected chi connectivity index (χ1v) is 6.70. The number of pyridine rings is 2. The van der Waals surface area contributed by atoms with Crippen LogP contribution in [-0.2, 0) is 13.0 Å². The fraction of sp³-hybridized carbons (Fsp3) is 0.286. The maximum atomic E-state index is 4.17. The zero-order valence-corrected chi connectivity index (χ0v) is 12.0. The topological polar surface area (TPSA) is 29.0 Å². The van der Waals surface area contributed by atoms with Gasteiger partial charge in [0.05, 0.1) is 0 Å². The first kappa shape index (κ1) is 13.2. The quantitative estimate of drug-likeness (QED) is 0.850. The molecule has 2 rings (SSSR count). The van der Waals surface area contributed by atoms with Crippen molar-refractivity contribution in [3.05, 3.63) is 58.6 Å². The first-order valence-electron chi connectivity index (χ1n) is 5.91. The van der Waals surface area contributed by atoms with Gasteiger partial charge >= 0.3 is 0 Å². The minimum atomic E-state index is 0.914. The van der Waals surface area contributed by atoms with E-state index in [0.29, 0.717) is 0 Å². The van der Waals surface area contributed by atoms with Crippen LogP contribution in [0.1, 0.15) is 11.1 Å². The number of nitrogens with zero attached hydrogens (tertiary/aromatic N) is 3. The van der Waals surface area contributed by atoms with E-state index in [1.54, 1.807) is 6.20 Å². The van der Waals surface area contributed by atoms with E-state index in [9.17, 15) is 0 Å². The molecule has 0 saturated carbocycles. The Bertz CT molecular complexity index is 487. The maximum Gasteiger partial charge on any atom is 0.0410 e. The zero-order valence-electron chi connectivity index (χ0n) is 10.4. The molecule has 0 aliphatic heterocycles.